The minimum absolute atomic E-state index is 0.0641. The zero-order valence-corrected chi connectivity index (χ0v) is 12.1. The highest BCUT2D eigenvalue weighted by molar-refractivity contribution is 5.70. The lowest BCUT2D eigenvalue weighted by atomic mass is 9.74. The fourth-order valence-electron chi connectivity index (χ4n) is 2.60. The molecular formula is C15H30O2. The van der Waals surface area contributed by atoms with Gasteiger partial charge >= 0.3 is 5.97 Å². The maximum atomic E-state index is 11.2. The van der Waals surface area contributed by atoms with E-state index in [1.54, 1.807) is 0 Å². The van der Waals surface area contributed by atoms with Crippen LogP contribution in [0.2, 0.25) is 0 Å². The van der Waals surface area contributed by atoms with Crippen molar-refractivity contribution < 1.29 is 9.90 Å². The second-order valence-electron chi connectivity index (χ2n) is 5.81. The third-order valence-corrected chi connectivity index (χ3v) is 3.82. The molecule has 0 amide bonds. The van der Waals surface area contributed by atoms with Gasteiger partial charge in [-0.05, 0) is 18.3 Å². The zero-order chi connectivity index (χ0) is 13.3. The molecule has 0 aromatic rings. The molecule has 0 aromatic carbocycles. The first-order chi connectivity index (χ1) is 7.95. The summed E-state index contributed by atoms with van der Waals surface area (Å²) >= 11 is 0. The fraction of sp³-hybridized carbons (Fsp3) is 0.933. The molecule has 0 spiro atoms. The number of rotatable bonds is 10. The Kier molecular flexibility index (Phi) is 8.28. The average Bonchev–Trinajstić information content (AvgIpc) is 2.23. The topological polar surface area (TPSA) is 37.3 Å². The van der Waals surface area contributed by atoms with Crippen molar-refractivity contribution >= 4 is 5.97 Å². The van der Waals surface area contributed by atoms with Crippen molar-refractivity contribution in [1.29, 1.82) is 0 Å². The SMILES string of the molecule is CCCCCCCCC(C)(C)C(CC)C(=O)O. The van der Waals surface area contributed by atoms with E-state index in [0.717, 1.165) is 12.8 Å². The molecule has 2 heteroatoms. The number of aliphatic carboxylic acids is 1. The van der Waals surface area contributed by atoms with Gasteiger partial charge in [-0.2, -0.15) is 0 Å². The molecule has 0 saturated carbocycles. The van der Waals surface area contributed by atoms with Crippen LogP contribution >= 0.6 is 0 Å². The predicted molar refractivity (Wildman–Crippen MR) is 73.2 cm³/mol. The minimum Gasteiger partial charge on any atom is -0.481 e. The maximum absolute atomic E-state index is 11.2. The van der Waals surface area contributed by atoms with Crippen molar-refractivity contribution in [2.24, 2.45) is 11.3 Å². The van der Waals surface area contributed by atoms with Gasteiger partial charge < -0.3 is 5.11 Å². The van der Waals surface area contributed by atoms with Crippen molar-refractivity contribution in [2.45, 2.75) is 79.1 Å². The molecule has 0 aliphatic heterocycles. The molecule has 0 aliphatic carbocycles. The predicted octanol–water partition coefficient (Wildman–Crippen LogP) is 4.87. The van der Waals surface area contributed by atoms with E-state index in [2.05, 4.69) is 20.8 Å². The summed E-state index contributed by atoms with van der Waals surface area (Å²) in [5.74, 6) is -0.832. The van der Waals surface area contributed by atoms with Crippen LogP contribution < -0.4 is 0 Å². The van der Waals surface area contributed by atoms with Crippen LogP contribution in [0.25, 0.3) is 0 Å². The van der Waals surface area contributed by atoms with Crippen LogP contribution in [0.5, 0.6) is 0 Å². The number of hydrogen-bond donors (Lipinski definition) is 1. The van der Waals surface area contributed by atoms with Crippen LogP contribution in [0.3, 0.4) is 0 Å². The van der Waals surface area contributed by atoms with Crippen LogP contribution in [-0.2, 0) is 4.79 Å². The fourth-order valence-corrected chi connectivity index (χ4v) is 2.60. The van der Waals surface area contributed by atoms with Crippen molar-refractivity contribution in [3.05, 3.63) is 0 Å². The molecule has 1 atom stereocenters. The van der Waals surface area contributed by atoms with Crippen LogP contribution in [0.15, 0.2) is 0 Å². The Morgan fingerprint density at radius 2 is 1.59 bits per heavy atom. The van der Waals surface area contributed by atoms with E-state index in [4.69, 9.17) is 0 Å². The quantitative estimate of drug-likeness (QED) is 0.555. The lowest BCUT2D eigenvalue weighted by molar-refractivity contribution is -0.146. The van der Waals surface area contributed by atoms with Crippen LogP contribution in [-0.4, -0.2) is 11.1 Å². The Bertz CT molecular complexity index is 209. The second-order valence-corrected chi connectivity index (χ2v) is 5.81. The standard InChI is InChI=1S/C15H30O2/c1-5-7-8-9-10-11-12-15(3,4)13(6-2)14(16)17/h13H,5-12H2,1-4H3,(H,16,17). The van der Waals surface area contributed by atoms with Crippen molar-refractivity contribution in [3.8, 4) is 0 Å². The summed E-state index contributed by atoms with van der Waals surface area (Å²) < 4.78 is 0. The van der Waals surface area contributed by atoms with Gasteiger partial charge in [0.2, 0.25) is 0 Å². The van der Waals surface area contributed by atoms with Gasteiger partial charge in [0, 0.05) is 0 Å². The lowest BCUT2D eigenvalue weighted by Crippen LogP contribution is -2.30. The van der Waals surface area contributed by atoms with Gasteiger partial charge in [0.25, 0.3) is 0 Å². The Balaban J connectivity index is 3.87. The zero-order valence-electron chi connectivity index (χ0n) is 12.1. The van der Waals surface area contributed by atoms with Gasteiger partial charge in [-0.25, -0.2) is 0 Å². The Hall–Kier alpha value is -0.530. The van der Waals surface area contributed by atoms with Gasteiger partial charge in [-0.15, -0.1) is 0 Å². The third kappa shape index (κ3) is 6.70. The Morgan fingerprint density at radius 1 is 1.06 bits per heavy atom. The van der Waals surface area contributed by atoms with Gasteiger partial charge in [0.05, 0.1) is 5.92 Å². The molecule has 2 nitrogen and oxygen atoms in total. The molecular weight excluding hydrogens is 212 g/mol. The van der Waals surface area contributed by atoms with Crippen molar-refractivity contribution in [2.75, 3.05) is 0 Å². The first kappa shape index (κ1) is 16.5. The van der Waals surface area contributed by atoms with Gasteiger partial charge in [0.1, 0.15) is 0 Å². The van der Waals surface area contributed by atoms with E-state index in [0.29, 0.717) is 0 Å². The highest BCUT2D eigenvalue weighted by Crippen LogP contribution is 2.35. The molecule has 0 heterocycles. The Labute approximate surface area is 107 Å². The molecule has 17 heavy (non-hydrogen) atoms. The average molecular weight is 242 g/mol. The summed E-state index contributed by atoms with van der Waals surface area (Å²) in [5.41, 5.74) is -0.0641. The maximum Gasteiger partial charge on any atom is 0.307 e. The smallest absolute Gasteiger partial charge is 0.307 e. The van der Waals surface area contributed by atoms with Crippen LogP contribution in [0.1, 0.15) is 79.1 Å². The number of carboxylic acids is 1. The molecule has 0 saturated heterocycles. The summed E-state index contributed by atoms with van der Waals surface area (Å²) in [6.45, 7) is 8.40. The molecule has 0 bridgehead atoms. The number of unbranched alkanes of at least 4 members (excludes halogenated alkanes) is 5. The highest BCUT2D eigenvalue weighted by Gasteiger charge is 2.32. The van der Waals surface area contributed by atoms with E-state index in [9.17, 15) is 9.90 Å². The molecule has 0 fully saturated rings. The van der Waals surface area contributed by atoms with E-state index in [-0.39, 0.29) is 11.3 Å². The highest BCUT2D eigenvalue weighted by atomic mass is 16.4. The van der Waals surface area contributed by atoms with Crippen molar-refractivity contribution in [3.63, 3.8) is 0 Å². The van der Waals surface area contributed by atoms with Gasteiger partial charge in [-0.3, -0.25) is 4.79 Å². The van der Waals surface area contributed by atoms with Gasteiger partial charge in [0.15, 0.2) is 0 Å². The number of hydrogen-bond acceptors (Lipinski definition) is 1. The molecule has 1 unspecified atom stereocenters. The minimum atomic E-state index is -0.636. The van der Waals surface area contributed by atoms with E-state index in [1.165, 1.54) is 38.5 Å². The largest absolute Gasteiger partial charge is 0.481 e. The monoisotopic (exact) mass is 242 g/mol. The van der Waals surface area contributed by atoms with E-state index in [1.807, 2.05) is 6.92 Å². The normalized spacial score (nSPS) is 13.6. The molecule has 0 rings (SSSR count). The van der Waals surface area contributed by atoms with Crippen LogP contribution in [0, 0.1) is 11.3 Å². The summed E-state index contributed by atoms with van der Waals surface area (Å²) in [6.07, 6.45) is 9.42. The summed E-state index contributed by atoms with van der Waals surface area (Å²) in [4.78, 5) is 11.2. The molecule has 0 aromatic heterocycles. The van der Waals surface area contributed by atoms with E-state index >= 15 is 0 Å². The first-order valence-corrected chi connectivity index (χ1v) is 7.18. The van der Waals surface area contributed by atoms with Gasteiger partial charge in [-0.1, -0.05) is 66.2 Å². The van der Waals surface area contributed by atoms with Crippen LogP contribution in [0.4, 0.5) is 0 Å². The van der Waals surface area contributed by atoms with Crippen molar-refractivity contribution in [1.82, 2.24) is 0 Å². The number of carboxylic acid groups (broad SMARTS) is 1. The Morgan fingerprint density at radius 3 is 2.06 bits per heavy atom. The summed E-state index contributed by atoms with van der Waals surface area (Å²) in [6, 6.07) is 0. The number of carbonyl (C=O) groups is 1. The molecule has 0 radical (unpaired) electrons. The van der Waals surface area contributed by atoms with E-state index < -0.39 is 5.97 Å². The molecule has 1 N–H and O–H groups in total. The summed E-state index contributed by atoms with van der Waals surface area (Å²) in [7, 11) is 0. The first-order valence-electron chi connectivity index (χ1n) is 7.18. The summed E-state index contributed by atoms with van der Waals surface area (Å²) in [5, 5.41) is 9.18. The third-order valence-electron chi connectivity index (χ3n) is 3.82. The lowest BCUT2D eigenvalue weighted by Gasteiger charge is -2.30. The molecule has 0 aliphatic rings. The molecule has 102 valence electrons. The second kappa shape index (κ2) is 8.54.